The van der Waals surface area contributed by atoms with Gasteiger partial charge in [0.1, 0.15) is 12.3 Å². The number of aromatic nitrogens is 1. The third-order valence-corrected chi connectivity index (χ3v) is 4.89. The van der Waals surface area contributed by atoms with Gasteiger partial charge in [0.25, 0.3) is 0 Å². The van der Waals surface area contributed by atoms with Crippen molar-refractivity contribution in [3.05, 3.63) is 53.8 Å². The molecule has 29 heavy (non-hydrogen) atoms. The van der Waals surface area contributed by atoms with Gasteiger partial charge in [0, 0.05) is 25.2 Å². The van der Waals surface area contributed by atoms with E-state index in [9.17, 15) is 9.59 Å². The third-order valence-electron chi connectivity index (χ3n) is 4.89. The van der Waals surface area contributed by atoms with Gasteiger partial charge in [-0.25, -0.2) is 0 Å². The predicted molar refractivity (Wildman–Crippen MR) is 112 cm³/mol. The Morgan fingerprint density at radius 3 is 2.66 bits per heavy atom. The smallest absolute Gasteiger partial charge is 0.247 e. The summed E-state index contributed by atoms with van der Waals surface area (Å²) in [5, 5.41) is 6.46. The van der Waals surface area contributed by atoms with Gasteiger partial charge < -0.3 is 19.6 Å². The zero-order valence-corrected chi connectivity index (χ0v) is 16.8. The molecule has 0 atom stereocenters. The monoisotopic (exact) mass is 396 g/mol. The van der Waals surface area contributed by atoms with Crippen molar-refractivity contribution >= 4 is 23.7 Å². The number of carbonyl (C=O) groups excluding carboxylic acids is 2. The summed E-state index contributed by atoms with van der Waals surface area (Å²) >= 11 is 0. The number of rotatable bonds is 8. The Morgan fingerprint density at radius 2 is 1.97 bits per heavy atom. The van der Waals surface area contributed by atoms with E-state index in [1.807, 2.05) is 30.3 Å². The fraction of sp³-hybridized carbons (Fsp3) is 0.409. The molecule has 2 aromatic rings. The summed E-state index contributed by atoms with van der Waals surface area (Å²) in [7, 11) is 0. The molecule has 0 unspecified atom stereocenters. The van der Waals surface area contributed by atoms with Gasteiger partial charge in [0.05, 0.1) is 0 Å². The van der Waals surface area contributed by atoms with Gasteiger partial charge in [-0.1, -0.05) is 41.9 Å². The van der Waals surface area contributed by atoms with E-state index in [-0.39, 0.29) is 18.4 Å². The lowest BCUT2D eigenvalue weighted by Crippen LogP contribution is -2.43. The second-order valence-corrected chi connectivity index (χ2v) is 7.28. The number of nitrogens with one attached hydrogen (secondary N) is 1. The summed E-state index contributed by atoms with van der Waals surface area (Å²) in [4.78, 5) is 29.2. The van der Waals surface area contributed by atoms with E-state index in [1.165, 1.54) is 25.3 Å². The van der Waals surface area contributed by atoms with Crippen molar-refractivity contribution in [3.63, 3.8) is 0 Å². The van der Waals surface area contributed by atoms with Gasteiger partial charge >= 0.3 is 0 Å². The molecule has 2 amide bonds. The van der Waals surface area contributed by atoms with Crippen LogP contribution in [0, 0.1) is 6.92 Å². The highest BCUT2D eigenvalue weighted by atomic mass is 16.5. The van der Waals surface area contributed by atoms with Crippen molar-refractivity contribution in [2.45, 2.75) is 26.2 Å². The van der Waals surface area contributed by atoms with Crippen molar-refractivity contribution in [2.75, 3.05) is 38.0 Å². The van der Waals surface area contributed by atoms with Gasteiger partial charge in [-0.05, 0) is 44.5 Å². The minimum Gasteiger partial charge on any atom is -0.360 e. The Morgan fingerprint density at radius 1 is 1.21 bits per heavy atom. The van der Waals surface area contributed by atoms with Crippen molar-refractivity contribution < 1.29 is 14.1 Å². The largest absolute Gasteiger partial charge is 0.360 e. The Hall–Kier alpha value is -2.93. The number of nitrogens with zero attached hydrogens (tertiary/aromatic N) is 3. The Labute approximate surface area is 171 Å². The topological polar surface area (TPSA) is 78.7 Å². The zero-order valence-electron chi connectivity index (χ0n) is 16.8. The van der Waals surface area contributed by atoms with Crippen molar-refractivity contribution in [1.82, 2.24) is 15.0 Å². The van der Waals surface area contributed by atoms with Crippen LogP contribution in [0.3, 0.4) is 0 Å². The number of hydrogen-bond donors (Lipinski definition) is 1. The number of hydrogen-bond acceptors (Lipinski definition) is 5. The molecule has 7 heteroatoms. The van der Waals surface area contributed by atoms with Crippen LogP contribution >= 0.6 is 0 Å². The van der Waals surface area contributed by atoms with Gasteiger partial charge in [0.15, 0.2) is 5.82 Å². The number of piperidine rings is 1. The van der Waals surface area contributed by atoms with Crippen LogP contribution in [0.2, 0.25) is 0 Å². The van der Waals surface area contributed by atoms with Crippen LogP contribution in [0.5, 0.6) is 0 Å². The van der Waals surface area contributed by atoms with Crippen LogP contribution in [-0.2, 0) is 9.59 Å². The minimum absolute atomic E-state index is 0.0300. The first kappa shape index (κ1) is 20.8. The molecule has 3 rings (SSSR count). The van der Waals surface area contributed by atoms with E-state index in [2.05, 4.69) is 15.4 Å². The van der Waals surface area contributed by atoms with E-state index in [0.29, 0.717) is 18.1 Å². The molecule has 0 radical (unpaired) electrons. The second-order valence-electron chi connectivity index (χ2n) is 7.28. The molecule has 1 aliphatic rings. The number of benzene rings is 1. The molecular formula is C22H28N4O3. The Bertz CT molecular complexity index is 826. The first-order chi connectivity index (χ1) is 14.1. The fourth-order valence-corrected chi connectivity index (χ4v) is 3.33. The van der Waals surface area contributed by atoms with Crippen LogP contribution in [0.25, 0.3) is 6.08 Å². The van der Waals surface area contributed by atoms with Gasteiger partial charge in [-0.2, -0.15) is 0 Å². The maximum atomic E-state index is 12.8. The van der Waals surface area contributed by atoms with Gasteiger partial charge in [0.2, 0.25) is 11.8 Å². The molecule has 154 valence electrons. The number of amides is 2. The maximum absolute atomic E-state index is 12.8. The Balaban J connectivity index is 1.61. The molecule has 7 nitrogen and oxygen atoms in total. The zero-order chi connectivity index (χ0) is 20.5. The predicted octanol–water partition coefficient (Wildman–Crippen LogP) is 2.95. The molecule has 1 fully saturated rings. The van der Waals surface area contributed by atoms with E-state index in [1.54, 1.807) is 24.0 Å². The lowest BCUT2D eigenvalue weighted by Gasteiger charge is -2.29. The molecule has 1 saturated heterocycles. The molecule has 1 N–H and O–H groups in total. The van der Waals surface area contributed by atoms with E-state index >= 15 is 0 Å². The highest BCUT2D eigenvalue weighted by Gasteiger charge is 2.18. The quantitative estimate of drug-likeness (QED) is 0.694. The molecule has 0 spiro atoms. The lowest BCUT2D eigenvalue weighted by atomic mass is 10.1. The van der Waals surface area contributed by atoms with E-state index in [0.717, 1.165) is 25.2 Å². The van der Waals surface area contributed by atoms with Gasteiger partial charge in [-0.3, -0.25) is 9.59 Å². The number of anilines is 1. The third kappa shape index (κ3) is 6.87. The van der Waals surface area contributed by atoms with Crippen LogP contribution in [0.15, 0.2) is 47.0 Å². The average molecular weight is 396 g/mol. The van der Waals surface area contributed by atoms with Crippen LogP contribution in [0.4, 0.5) is 5.82 Å². The molecular weight excluding hydrogens is 368 g/mol. The van der Waals surface area contributed by atoms with Crippen molar-refractivity contribution in [1.29, 1.82) is 0 Å². The maximum Gasteiger partial charge on any atom is 0.247 e. The number of likely N-dealkylation sites (tertiary alicyclic amines) is 1. The SMILES string of the molecule is Cc1cc(NC(=O)CN(CCN2CCCCC2)C(=O)/C=C/c2ccccc2)no1. The first-order valence-electron chi connectivity index (χ1n) is 10.1. The number of aryl methyl sites for hydroxylation is 1. The van der Waals surface area contributed by atoms with Crippen molar-refractivity contribution in [2.24, 2.45) is 0 Å². The molecule has 1 aliphatic heterocycles. The Kier molecular flexibility index (Phi) is 7.58. The molecule has 0 bridgehead atoms. The van der Waals surface area contributed by atoms with Crippen molar-refractivity contribution in [3.8, 4) is 0 Å². The summed E-state index contributed by atoms with van der Waals surface area (Å²) in [6.07, 6.45) is 6.94. The number of carbonyl (C=O) groups is 2. The normalized spacial score (nSPS) is 14.8. The second kappa shape index (κ2) is 10.6. The van der Waals surface area contributed by atoms with Crippen LogP contribution < -0.4 is 5.32 Å². The average Bonchev–Trinajstić information content (AvgIpc) is 3.15. The standard InChI is InChI=1S/C22H28N4O3/c1-18-16-20(24-29-18)23-21(27)17-26(15-14-25-12-6-3-7-13-25)22(28)11-10-19-8-4-2-5-9-19/h2,4-5,8-11,16H,3,6-7,12-15,17H2,1H3,(H,23,24,27)/b11-10+. The summed E-state index contributed by atoms with van der Waals surface area (Å²) < 4.78 is 4.97. The highest BCUT2D eigenvalue weighted by Crippen LogP contribution is 2.10. The summed E-state index contributed by atoms with van der Waals surface area (Å²) in [5.74, 6) is 0.496. The molecule has 0 saturated carbocycles. The first-order valence-corrected chi connectivity index (χ1v) is 10.1. The summed E-state index contributed by atoms with van der Waals surface area (Å²) in [6.45, 7) is 5.09. The lowest BCUT2D eigenvalue weighted by molar-refractivity contribution is -0.130. The van der Waals surface area contributed by atoms with Crippen LogP contribution in [0.1, 0.15) is 30.6 Å². The molecule has 0 aliphatic carbocycles. The fourth-order valence-electron chi connectivity index (χ4n) is 3.33. The minimum atomic E-state index is -0.293. The molecule has 1 aromatic carbocycles. The van der Waals surface area contributed by atoms with Crippen LogP contribution in [-0.4, -0.2) is 59.5 Å². The van der Waals surface area contributed by atoms with Gasteiger partial charge in [-0.15, -0.1) is 0 Å². The summed E-state index contributed by atoms with van der Waals surface area (Å²) in [5.41, 5.74) is 0.944. The molecule has 2 heterocycles. The van der Waals surface area contributed by atoms with E-state index < -0.39 is 0 Å². The molecule has 1 aromatic heterocycles. The summed E-state index contributed by atoms with van der Waals surface area (Å²) in [6, 6.07) is 11.3. The highest BCUT2D eigenvalue weighted by molar-refractivity contribution is 5.97. The van der Waals surface area contributed by atoms with E-state index in [4.69, 9.17) is 4.52 Å².